The number of aliphatic carboxylic acids is 1. The van der Waals surface area contributed by atoms with Crippen molar-refractivity contribution >= 4 is 5.97 Å². The van der Waals surface area contributed by atoms with E-state index in [4.69, 9.17) is 15.3 Å². The summed E-state index contributed by atoms with van der Waals surface area (Å²) in [4.78, 5) is 10.6. The summed E-state index contributed by atoms with van der Waals surface area (Å²) in [6.07, 6.45) is 0. The van der Waals surface area contributed by atoms with Gasteiger partial charge in [-0.15, -0.1) is 0 Å². The Morgan fingerprint density at radius 3 is 2.36 bits per heavy atom. The van der Waals surface area contributed by atoms with Gasteiger partial charge in [-0.3, -0.25) is 4.79 Å². The van der Waals surface area contributed by atoms with Crippen molar-refractivity contribution in [1.82, 2.24) is 0 Å². The first kappa shape index (κ1) is 13.3. The number of carboxylic acids is 1. The Balaban J connectivity index is 0. The molecule has 3 N–H and O–H groups in total. The zero-order valence-corrected chi connectivity index (χ0v) is 10.1. The molecule has 0 spiro atoms. The fourth-order valence-electron chi connectivity index (χ4n) is 0.952. The van der Waals surface area contributed by atoms with Gasteiger partial charge in [0.05, 0.1) is 5.92 Å². The quantitative estimate of drug-likeness (QED) is 0.402. The average Bonchev–Trinajstić information content (AvgIpc) is 2.08. The SMILES string of the molecule is CC(C(=O)O)c1ccc(O)c(O)c1.[H-].[Na+]. The summed E-state index contributed by atoms with van der Waals surface area (Å²) in [7, 11) is 0. The van der Waals surface area contributed by atoms with Gasteiger partial charge in [-0.1, -0.05) is 6.07 Å². The number of hydrogen-bond donors (Lipinski definition) is 3. The number of benzene rings is 1. The van der Waals surface area contributed by atoms with E-state index in [0.717, 1.165) is 0 Å². The van der Waals surface area contributed by atoms with Gasteiger partial charge in [-0.05, 0) is 24.6 Å². The first-order valence-corrected chi connectivity index (χ1v) is 3.77. The number of carbonyl (C=O) groups is 1. The molecule has 0 bridgehead atoms. The number of aromatic hydroxyl groups is 2. The molecule has 0 aliphatic carbocycles. The molecule has 5 heteroatoms. The molecule has 0 saturated heterocycles. The van der Waals surface area contributed by atoms with Crippen LogP contribution in [0.25, 0.3) is 0 Å². The molecule has 1 aromatic carbocycles. The van der Waals surface area contributed by atoms with E-state index in [1.54, 1.807) is 0 Å². The molecule has 0 saturated carbocycles. The van der Waals surface area contributed by atoms with Crippen molar-refractivity contribution in [2.75, 3.05) is 0 Å². The van der Waals surface area contributed by atoms with E-state index in [1.165, 1.54) is 25.1 Å². The Bertz CT molecular complexity index is 343. The number of carboxylic acid groups (broad SMARTS) is 1. The zero-order chi connectivity index (χ0) is 10.0. The zero-order valence-electron chi connectivity index (χ0n) is 9.06. The molecule has 0 amide bonds. The summed E-state index contributed by atoms with van der Waals surface area (Å²) < 4.78 is 0. The molecular formula is C9H11NaO4. The van der Waals surface area contributed by atoms with Crippen LogP contribution in [0.5, 0.6) is 11.5 Å². The molecule has 0 aromatic heterocycles. The van der Waals surface area contributed by atoms with Crippen molar-refractivity contribution in [2.45, 2.75) is 12.8 Å². The summed E-state index contributed by atoms with van der Waals surface area (Å²) in [6.45, 7) is 1.51. The summed E-state index contributed by atoms with van der Waals surface area (Å²) in [5.41, 5.74) is 0.461. The van der Waals surface area contributed by atoms with Crippen LogP contribution in [0.15, 0.2) is 18.2 Å². The smallest absolute Gasteiger partial charge is 1.00 e. The predicted molar refractivity (Wildman–Crippen MR) is 46.9 cm³/mol. The average molecular weight is 206 g/mol. The third kappa shape index (κ3) is 2.90. The van der Waals surface area contributed by atoms with Crippen LogP contribution in [0.4, 0.5) is 0 Å². The van der Waals surface area contributed by atoms with E-state index >= 15 is 0 Å². The van der Waals surface area contributed by atoms with Crippen LogP contribution in [-0.2, 0) is 4.79 Å². The van der Waals surface area contributed by atoms with Crippen LogP contribution >= 0.6 is 0 Å². The Labute approximate surface area is 105 Å². The molecule has 0 aliphatic rings. The van der Waals surface area contributed by atoms with Crippen molar-refractivity contribution in [3.8, 4) is 11.5 Å². The molecule has 4 nitrogen and oxygen atoms in total. The fraction of sp³-hybridized carbons (Fsp3) is 0.222. The van der Waals surface area contributed by atoms with Crippen molar-refractivity contribution in [1.29, 1.82) is 0 Å². The summed E-state index contributed by atoms with van der Waals surface area (Å²) >= 11 is 0. The largest absolute Gasteiger partial charge is 1.00 e. The maximum atomic E-state index is 10.6. The Kier molecular flexibility index (Phi) is 4.97. The molecule has 1 aromatic rings. The molecule has 1 unspecified atom stereocenters. The topological polar surface area (TPSA) is 77.8 Å². The van der Waals surface area contributed by atoms with Crippen LogP contribution < -0.4 is 29.6 Å². The second-order valence-corrected chi connectivity index (χ2v) is 2.81. The Morgan fingerprint density at radius 2 is 1.93 bits per heavy atom. The third-order valence-corrected chi connectivity index (χ3v) is 1.87. The van der Waals surface area contributed by atoms with E-state index in [1.807, 2.05) is 0 Å². The second-order valence-electron chi connectivity index (χ2n) is 2.81. The molecule has 0 heterocycles. The van der Waals surface area contributed by atoms with Crippen molar-refractivity contribution in [3.63, 3.8) is 0 Å². The summed E-state index contributed by atoms with van der Waals surface area (Å²) in [6, 6.07) is 3.98. The standard InChI is InChI=1S/C9H10O4.Na.H/c1-5(9(12)13)6-2-3-7(10)8(11)4-6;;/h2-5,10-11H,1H3,(H,12,13);;/q;+1;-1. The van der Waals surface area contributed by atoms with Gasteiger partial charge in [0.1, 0.15) is 0 Å². The van der Waals surface area contributed by atoms with E-state index in [0.29, 0.717) is 5.56 Å². The molecule has 0 aliphatic heterocycles. The minimum atomic E-state index is -0.968. The molecule has 0 fully saturated rings. The summed E-state index contributed by atoms with van der Waals surface area (Å²) in [5, 5.41) is 26.7. The number of rotatable bonds is 2. The molecule has 0 radical (unpaired) electrons. The number of phenols is 2. The van der Waals surface area contributed by atoms with Crippen LogP contribution in [0.2, 0.25) is 0 Å². The molecule has 1 rings (SSSR count). The number of phenolic OH excluding ortho intramolecular Hbond substituents is 2. The molecule has 72 valence electrons. The molecule has 1 atom stereocenters. The van der Waals surface area contributed by atoms with Crippen LogP contribution in [0, 0.1) is 0 Å². The predicted octanol–water partition coefficient (Wildman–Crippen LogP) is -1.60. The minimum absolute atomic E-state index is 0. The van der Waals surface area contributed by atoms with Gasteiger partial charge >= 0.3 is 35.5 Å². The van der Waals surface area contributed by atoms with E-state index in [-0.39, 0.29) is 42.5 Å². The summed E-state index contributed by atoms with van der Waals surface area (Å²) in [5.74, 6) is -2.21. The Morgan fingerprint density at radius 1 is 1.36 bits per heavy atom. The van der Waals surface area contributed by atoms with E-state index in [9.17, 15) is 4.79 Å². The monoisotopic (exact) mass is 206 g/mol. The fourth-order valence-corrected chi connectivity index (χ4v) is 0.952. The van der Waals surface area contributed by atoms with Gasteiger partial charge in [0.2, 0.25) is 0 Å². The van der Waals surface area contributed by atoms with Crippen molar-refractivity contribution in [2.24, 2.45) is 0 Å². The van der Waals surface area contributed by atoms with Gasteiger partial charge in [0.15, 0.2) is 11.5 Å². The van der Waals surface area contributed by atoms with Crippen molar-refractivity contribution < 1.29 is 51.1 Å². The molecule has 14 heavy (non-hydrogen) atoms. The van der Waals surface area contributed by atoms with Gasteiger partial charge in [-0.2, -0.15) is 0 Å². The minimum Gasteiger partial charge on any atom is -1.00 e. The van der Waals surface area contributed by atoms with Gasteiger partial charge in [0.25, 0.3) is 0 Å². The normalized spacial score (nSPS) is 11.5. The first-order valence-electron chi connectivity index (χ1n) is 3.77. The third-order valence-electron chi connectivity index (χ3n) is 1.87. The molecular weight excluding hydrogens is 195 g/mol. The first-order chi connectivity index (χ1) is 6.02. The van der Waals surface area contributed by atoms with Gasteiger partial charge in [-0.25, -0.2) is 0 Å². The van der Waals surface area contributed by atoms with E-state index in [2.05, 4.69) is 0 Å². The van der Waals surface area contributed by atoms with Crippen LogP contribution in [0.1, 0.15) is 19.8 Å². The maximum Gasteiger partial charge on any atom is 1.00 e. The maximum absolute atomic E-state index is 10.6. The van der Waals surface area contributed by atoms with Crippen molar-refractivity contribution in [3.05, 3.63) is 23.8 Å². The second kappa shape index (κ2) is 5.24. The van der Waals surface area contributed by atoms with Crippen LogP contribution in [-0.4, -0.2) is 21.3 Å². The van der Waals surface area contributed by atoms with Gasteiger partial charge < -0.3 is 16.7 Å². The number of hydrogen-bond acceptors (Lipinski definition) is 3. The van der Waals surface area contributed by atoms with Crippen LogP contribution in [0.3, 0.4) is 0 Å². The Hall–Kier alpha value is -0.710. The van der Waals surface area contributed by atoms with Gasteiger partial charge in [0, 0.05) is 0 Å². The van der Waals surface area contributed by atoms with E-state index < -0.39 is 11.9 Å².